The van der Waals surface area contributed by atoms with Crippen LogP contribution in [-0.4, -0.2) is 55.0 Å². The summed E-state index contributed by atoms with van der Waals surface area (Å²) in [6, 6.07) is -0.305. The van der Waals surface area contributed by atoms with Crippen molar-refractivity contribution in [1.29, 1.82) is 0 Å². The highest BCUT2D eigenvalue weighted by Crippen LogP contribution is 2.03. The van der Waals surface area contributed by atoms with Crippen LogP contribution in [0.5, 0.6) is 0 Å². The van der Waals surface area contributed by atoms with Crippen molar-refractivity contribution in [2.24, 2.45) is 5.73 Å². The largest absolute Gasteiger partial charge is 0.339 e. The van der Waals surface area contributed by atoms with Crippen molar-refractivity contribution < 1.29 is 4.79 Å². The fourth-order valence-corrected chi connectivity index (χ4v) is 1.98. The second-order valence-electron chi connectivity index (χ2n) is 3.46. The first-order chi connectivity index (χ1) is 6.75. The number of carbonyl (C=O) groups is 1. The van der Waals surface area contributed by atoms with Crippen molar-refractivity contribution in [3.05, 3.63) is 0 Å². The van der Waals surface area contributed by atoms with Gasteiger partial charge in [-0.2, -0.15) is 11.8 Å². The number of rotatable bonds is 4. The highest BCUT2D eigenvalue weighted by molar-refractivity contribution is 7.98. The third-order valence-corrected chi connectivity index (χ3v) is 3.02. The highest BCUT2D eigenvalue weighted by Gasteiger charge is 2.21. The molecule has 3 N–H and O–H groups in total. The molecule has 1 rings (SSSR count). The zero-order valence-electron chi connectivity index (χ0n) is 8.66. The van der Waals surface area contributed by atoms with Crippen molar-refractivity contribution in [2.75, 3.05) is 38.2 Å². The lowest BCUT2D eigenvalue weighted by Crippen LogP contribution is -2.52. The summed E-state index contributed by atoms with van der Waals surface area (Å²) in [6.45, 7) is 3.37. The highest BCUT2D eigenvalue weighted by atomic mass is 32.2. The molecule has 5 heteroatoms. The number of thioether (sulfide) groups is 1. The monoisotopic (exact) mass is 217 g/mol. The van der Waals surface area contributed by atoms with E-state index in [4.69, 9.17) is 5.73 Å². The zero-order valence-corrected chi connectivity index (χ0v) is 9.48. The number of piperazine rings is 1. The Hall–Kier alpha value is -0.260. The van der Waals surface area contributed by atoms with Crippen molar-refractivity contribution in [3.63, 3.8) is 0 Å². The Morgan fingerprint density at radius 1 is 1.57 bits per heavy atom. The van der Waals surface area contributed by atoms with E-state index in [1.807, 2.05) is 11.2 Å². The molecule has 1 aliphatic heterocycles. The topological polar surface area (TPSA) is 58.4 Å². The molecule has 0 bridgehead atoms. The molecular formula is C9H19N3OS. The van der Waals surface area contributed by atoms with Gasteiger partial charge < -0.3 is 16.0 Å². The first-order valence-corrected chi connectivity index (χ1v) is 6.39. The van der Waals surface area contributed by atoms with Gasteiger partial charge in [-0.25, -0.2) is 0 Å². The van der Waals surface area contributed by atoms with E-state index in [-0.39, 0.29) is 11.9 Å². The van der Waals surface area contributed by atoms with Gasteiger partial charge in [-0.05, 0) is 18.4 Å². The molecule has 1 aliphatic rings. The van der Waals surface area contributed by atoms with E-state index in [1.165, 1.54) is 0 Å². The quantitative estimate of drug-likeness (QED) is 0.666. The van der Waals surface area contributed by atoms with Crippen molar-refractivity contribution >= 4 is 17.7 Å². The second-order valence-corrected chi connectivity index (χ2v) is 4.45. The number of nitrogens with zero attached hydrogens (tertiary/aromatic N) is 1. The Morgan fingerprint density at radius 2 is 2.21 bits per heavy atom. The molecule has 0 radical (unpaired) electrons. The molecule has 0 saturated carbocycles. The first-order valence-electron chi connectivity index (χ1n) is 4.99. The summed E-state index contributed by atoms with van der Waals surface area (Å²) in [4.78, 5) is 13.6. The maximum absolute atomic E-state index is 11.8. The smallest absolute Gasteiger partial charge is 0.239 e. The minimum atomic E-state index is -0.305. The average Bonchev–Trinajstić information content (AvgIpc) is 2.26. The maximum Gasteiger partial charge on any atom is 0.239 e. The minimum absolute atomic E-state index is 0.112. The summed E-state index contributed by atoms with van der Waals surface area (Å²) in [6.07, 6.45) is 2.81. The molecule has 4 nitrogen and oxygen atoms in total. The van der Waals surface area contributed by atoms with Gasteiger partial charge in [0.25, 0.3) is 0 Å². The fourth-order valence-electron chi connectivity index (χ4n) is 1.49. The number of nitrogens with two attached hydrogens (primary N) is 1. The second kappa shape index (κ2) is 6.27. The Morgan fingerprint density at radius 3 is 2.79 bits per heavy atom. The number of hydrogen-bond donors (Lipinski definition) is 2. The lowest BCUT2D eigenvalue weighted by molar-refractivity contribution is -0.133. The standard InChI is InChI=1S/C9H19N3OS/c1-14-7-2-8(10)9(13)12-5-3-11-4-6-12/h8,11H,2-7,10H2,1H3. The molecule has 82 valence electrons. The molecule has 1 amide bonds. The van der Waals surface area contributed by atoms with E-state index in [1.54, 1.807) is 11.8 Å². The van der Waals surface area contributed by atoms with Crippen molar-refractivity contribution in [1.82, 2.24) is 10.2 Å². The maximum atomic E-state index is 11.8. The van der Waals surface area contributed by atoms with Crippen LogP contribution in [0.1, 0.15) is 6.42 Å². The predicted molar refractivity (Wildman–Crippen MR) is 60.4 cm³/mol. The van der Waals surface area contributed by atoms with E-state index in [2.05, 4.69) is 5.32 Å². The van der Waals surface area contributed by atoms with E-state index >= 15 is 0 Å². The van der Waals surface area contributed by atoms with Gasteiger partial charge in [0.05, 0.1) is 6.04 Å². The van der Waals surface area contributed by atoms with Crippen molar-refractivity contribution in [3.8, 4) is 0 Å². The van der Waals surface area contributed by atoms with E-state index in [0.717, 1.165) is 38.4 Å². The SMILES string of the molecule is CSCCC(N)C(=O)N1CCNCC1. The summed E-state index contributed by atoms with van der Waals surface area (Å²) in [5, 5.41) is 3.21. The Bertz CT molecular complexity index is 183. The van der Waals surface area contributed by atoms with Gasteiger partial charge >= 0.3 is 0 Å². The molecule has 0 spiro atoms. The summed E-state index contributed by atoms with van der Waals surface area (Å²) in [5.41, 5.74) is 5.81. The van der Waals surface area contributed by atoms with Crippen LogP contribution >= 0.6 is 11.8 Å². The summed E-state index contributed by atoms with van der Waals surface area (Å²) in [7, 11) is 0. The molecule has 1 heterocycles. The third kappa shape index (κ3) is 3.48. The van der Waals surface area contributed by atoms with Gasteiger partial charge in [0.2, 0.25) is 5.91 Å². The summed E-state index contributed by atoms with van der Waals surface area (Å²) in [5.74, 6) is 1.07. The molecule has 1 fully saturated rings. The predicted octanol–water partition coefficient (Wildman–Crippen LogP) is -0.501. The Balaban J connectivity index is 2.30. The van der Waals surface area contributed by atoms with Crippen LogP contribution in [0.2, 0.25) is 0 Å². The van der Waals surface area contributed by atoms with Crippen LogP contribution in [0, 0.1) is 0 Å². The van der Waals surface area contributed by atoms with E-state index < -0.39 is 0 Å². The van der Waals surface area contributed by atoms with Gasteiger partial charge in [0.1, 0.15) is 0 Å². The van der Waals surface area contributed by atoms with Crippen molar-refractivity contribution in [2.45, 2.75) is 12.5 Å². The van der Waals surface area contributed by atoms with Gasteiger partial charge in [-0.15, -0.1) is 0 Å². The van der Waals surface area contributed by atoms with Crippen LogP contribution in [0.4, 0.5) is 0 Å². The molecule has 0 aromatic rings. The summed E-state index contributed by atoms with van der Waals surface area (Å²) < 4.78 is 0. The normalized spacial score (nSPS) is 19.4. The zero-order chi connectivity index (χ0) is 10.4. The van der Waals surface area contributed by atoms with Crippen LogP contribution in [0.15, 0.2) is 0 Å². The average molecular weight is 217 g/mol. The molecule has 1 saturated heterocycles. The molecule has 14 heavy (non-hydrogen) atoms. The summed E-state index contributed by atoms with van der Waals surface area (Å²) >= 11 is 1.73. The molecule has 0 aromatic carbocycles. The van der Waals surface area contributed by atoms with E-state index in [0.29, 0.717) is 0 Å². The van der Waals surface area contributed by atoms with Gasteiger partial charge in [-0.3, -0.25) is 4.79 Å². The van der Waals surface area contributed by atoms with Crippen LogP contribution in [-0.2, 0) is 4.79 Å². The van der Waals surface area contributed by atoms with Gasteiger partial charge in [0.15, 0.2) is 0 Å². The third-order valence-electron chi connectivity index (χ3n) is 2.38. The van der Waals surface area contributed by atoms with Crippen LogP contribution in [0.3, 0.4) is 0 Å². The van der Waals surface area contributed by atoms with Crippen LogP contribution in [0.25, 0.3) is 0 Å². The number of amides is 1. The van der Waals surface area contributed by atoms with E-state index in [9.17, 15) is 4.79 Å². The Kier molecular flexibility index (Phi) is 5.29. The van der Waals surface area contributed by atoms with Crippen LogP contribution < -0.4 is 11.1 Å². The Labute approximate surface area is 89.6 Å². The number of carbonyl (C=O) groups excluding carboxylic acids is 1. The fraction of sp³-hybridized carbons (Fsp3) is 0.889. The number of hydrogen-bond acceptors (Lipinski definition) is 4. The first kappa shape index (κ1) is 11.8. The molecular weight excluding hydrogens is 198 g/mol. The molecule has 0 aliphatic carbocycles. The lowest BCUT2D eigenvalue weighted by atomic mass is 10.2. The molecule has 0 aromatic heterocycles. The molecule has 1 atom stereocenters. The minimum Gasteiger partial charge on any atom is -0.339 e. The molecule has 1 unspecified atom stereocenters. The number of nitrogens with one attached hydrogen (secondary N) is 1. The van der Waals surface area contributed by atoms with Gasteiger partial charge in [-0.1, -0.05) is 0 Å². The lowest BCUT2D eigenvalue weighted by Gasteiger charge is -2.29. The van der Waals surface area contributed by atoms with Gasteiger partial charge in [0, 0.05) is 26.2 Å².